The number of nitrogens with one attached hydrogen (secondary N) is 2. The van der Waals surface area contributed by atoms with Crippen molar-refractivity contribution in [3.8, 4) is 5.75 Å². The van der Waals surface area contributed by atoms with Gasteiger partial charge in [-0.2, -0.15) is 13.8 Å². The fraction of sp³-hybridized carbons (Fsp3) is 0.524. The fourth-order valence-electron chi connectivity index (χ4n) is 4.07. The molecular weight excluding hydrogens is 395 g/mol. The van der Waals surface area contributed by atoms with Gasteiger partial charge in [-0.1, -0.05) is 6.07 Å². The highest BCUT2D eigenvalue weighted by molar-refractivity contribution is 5.57. The monoisotopic (exact) mass is 423 g/mol. The van der Waals surface area contributed by atoms with Gasteiger partial charge in [-0.15, -0.1) is 0 Å². The standard InChI is InChI=1S/C21H28F3N5O/c1-20(2)10-14(11-21(3,4)29(20)5)26-17-16(22)12-25-19(28-17)27-13-7-6-8-15(9-13)30-18(23)24/h6-9,12,14,18H,10-11H2,1-5H3,(H2,25,26,27,28). The molecule has 2 N–H and O–H groups in total. The van der Waals surface area contributed by atoms with Crippen LogP contribution in [0.4, 0.5) is 30.6 Å². The first-order valence-corrected chi connectivity index (χ1v) is 9.81. The summed E-state index contributed by atoms with van der Waals surface area (Å²) in [6, 6.07) is 6.06. The Morgan fingerprint density at radius 2 is 1.83 bits per heavy atom. The number of anilines is 3. The van der Waals surface area contributed by atoms with Crippen LogP contribution in [-0.2, 0) is 0 Å². The average molecular weight is 423 g/mol. The number of halogens is 3. The maximum Gasteiger partial charge on any atom is 0.387 e. The number of hydrogen-bond donors (Lipinski definition) is 2. The molecule has 6 nitrogen and oxygen atoms in total. The van der Waals surface area contributed by atoms with Gasteiger partial charge in [-0.25, -0.2) is 9.37 Å². The van der Waals surface area contributed by atoms with Gasteiger partial charge in [0.25, 0.3) is 0 Å². The van der Waals surface area contributed by atoms with Gasteiger partial charge < -0.3 is 15.4 Å². The predicted octanol–water partition coefficient (Wildman–Crippen LogP) is 5.02. The first-order valence-electron chi connectivity index (χ1n) is 9.81. The van der Waals surface area contributed by atoms with Crippen molar-refractivity contribution < 1.29 is 17.9 Å². The number of aromatic nitrogens is 2. The third-order valence-corrected chi connectivity index (χ3v) is 5.71. The highest BCUT2D eigenvalue weighted by atomic mass is 19.3. The van der Waals surface area contributed by atoms with E-state index in [1.807, 2.05) is 0 Å². The molecule has 0 spiro atoms. The maximum atomic E-state index is 14.4. The summed E-state index contributed by atoms with van der Waals surface area (Å²) in [7, 11) is 2.11. The van der Waals surface area contributed by atoms with Crippen molar-refractivity contribution in [2.45, 2.75) is 64.3 Å². The molecule has 30 heavy (non-hydrogen) atoms. The van der Waals surface area contributed by atoms with Gasteiger partial charge in [0, 0.05) is 28.9 Å². The lowest BCUT2D eigenvalue weighted by atomic mass is 9.77. The number of hydrogen-bond acceptors (Lipinski definition) is 6. The second-order valence-electron chi connectivity index (χ2n) is 8.85. The molecule has 9 heteroatoms. The van der Waals surface area contributed by atoms with E-state index in [2.05, 4.69) is 65.0 Å². The lowest BCUT2D eigenvalue weighted by molar-refractivity contribution is -0.0498. The number of nitrogens with zero attached hydrogens (tertiary/aromatic N) is 3. The normalized spacial score (nSPS) is 19.0. The zero-order chi connectivity index (χ0) is 22.1. The highest BCUT2D eigenvalue weighted by Crippen LogP contribution is 2.38. The number of ether oxygens (including phenoxy) is 1. The molecular formula is C21H28F3N5O. The second-order valence-corrected chi connectivity index (χ2v) is 8.85. The van der Waals surface area contributed by atoms with Gasteiger partial charge in [0.05, 0.1) is 6.20 Å². The van der Waals surface area contributed by atoms with Gasteiger partial charge in [-0.05, 0) is 59.7 Å². The highest BCUT2D eigenvalue weighted by Gasteiger charge is 2.43. The molecule has 2 heterocycles. The van der Waals surface area contributed by atoms with E-state index < -0.39 is 12.4 Å². The van der Waals surface area contributed by atoms with E-state index in [-0.39, 0.29) is 34.6 Å². The van der Waals surface area contributed by atoms with E-state index in [1.54, 1.807) is 12.1 Å². The summed E-state index contributed by atoms with van der Waals surface area (Å²) in [6.45, 7) is 5.75. The van der Waals surface area contributed by atoms with Crippen molar-refractivity contribution in [3.63, 3.8) is 0 Å². The molecule has 1 aromatic carbocycles. The summed E-state index contributed by atoms with van der Waals surface area (Å²) in [5, 5.41) is 6.13. The van der Waals surface area contributed by atoms with Crippen LogP contribution in [-0.4, -0.2) is 45.6 Å². The van der Waals surface area contributed by atoms with Crippen LogP contribution >= 0.6 is 0 Å². The molecule has 1 aromatic heterocycles. The Kier molecular flexibility index (Phi) is 6.12. The van der Waals surface area contributed by atoms with Crippen LogP contribution in [0.5, 0.6) is 5.75 Å². The molecule has 0 radical (unpaired) electrons. The third-order valence-electron chi connectivity index (χ3n) is 5.71. The lowest BCUT2D eigenvalue weighted by Gasteiger charge is -2.53. The molecule has 1 saturated heterocycles. The Balaban J connectivity index is 1.76. The average Bonchev–Trinajstić information content (AvgIpc) is 2.62. The summed E-state index contributed by atoms with van der Waals surface area (Å²) < 4.78 is 43.6. The third kappa shape index (κ3) is 5.13. The first kappa shape index (κ1) is 22.1. The largest absolute Gasteiger partial charge is 0.435 e. The van der Waals surface area contributed by atoms with Crippen LogP contribution in [0.2, 0.25) is 0 Å². The van der Waals surface area contributed by atoms with Crippen LogP contribution in [0.25, 0.3) is 0 Å². The minimum absolute atomic E-state index is 0.00579. The van der Waals surface area contributed by atoms with Crippen LogP contribution in [0, 0.1) is 5.82 Å². The summed E-state index contributed by atoms with van der Waals surface area (Å²) in [6.07, 6.45) is 2.74. The summed E-state index contributed by atoms with van der Waals surface area (Å²) >= 11 is 0. The first-order chi connectivity index (χ1) is 14.0. The van der Waals surface area contributed by atoms with Crippen molar-refractivity contribution in [1.29, 1.82) is 0 Å². The molecule has 1 aliphatic rings. The Morgan fingerprint density at radius 1 is 1.17 bits per heavy atom. The van der Waals surface area contributed by atoms with Gasteiger partial charge in [0.1, 0.15) is 5.75 Å². The number of alkyl halides is 2. The minimum Gasteiger partial charge on any atom is -0.435 e. The molecule has 0 saturated carbocycles. The summed E-state index contributed by atoms with van der Waals surface area (Å²) in [5.41, 5.74) is 0.330. The number of rotatable bonds is 6. The Morgan fingerprint density at radius 3 is 2.47 bits per heavy atom. The van der Waals surface area contributed by atoms with Crippen LogP contribution < -0.4 is 15.4 Å². The Bertz CT molecular complexity index is 873. The number of likely N-dealkylation sites (tertiary alicyclic amines) is 1. The van der Waals surface area contributed by atoms with E-state index in [4.69, 9.17) is 0 Å². The molecule has 0 atom stereocenters. The van der Waals surface area contributed by atoms with E-state index in [9.17, 15) is 13.2 Å². The van der Waals surface area contributed by atoms with Crippen LogP contribution in [0.15, 0.2) is 30.5 Å². The zero-order valence-corrected chi connectivity index (χ0v) is 17.8. The lowest BCUT2D eigenvalue weighted by Crippen LogP contribution is -2.61. The van der Waals surface area contributed by atoms with E-state index in [1.165, 1.54) is 12.1 Å². The van der Waals surface area contributed by atoms with Crippen molar-refractivity contribution in [3.05, 3.63) is 36.3 Å². The second kappa shape index (κ2) is 8.29. The van der Waals surface area contributed by atoms with Crippen LogP contribution in [0.3, 0.4) is 0 Å². The Hall–Kier alpha value is -2.55. The number of piperidine rings is 1. The van der Waals surface area contributed by atoms with Crippen molar-refractivity contribution in [1.82, 2.24) is 14.9 Å². The topological polar surface area (TPSA) is 62.3 Å². The summed E-state index contributed by atoms with van der Waals surface area (Å²) in [4.78, 5) is 10.6. The van der Waals surface area contributed by atoms with Crippen molar-refractivity contribution in [2.75, 3.05) is 17.7 Å². The smallest absolute Gasteiger partial charge is 0.387 e. The Labute approximate surface area is 174 Å². The molecule has 1 fully saturated rings. The van der Waals surface area contributed by atoms with Gasteiger partial charge in [0.15, 0.2) is 11.6 Å². The molecule has 1 aliphatic heterocycles. The molecule has 0 aliphatic carbocycles. The SMILES string of the molecule is CN1C(C)(C)CC(Nc2nc(Nc3cccc(OC(F)F)c3)ncc2F)CC1(C)C. The van der Waals surface area contributed by atoms with E-state index in [0.717, 1.165) is 19.0 Å². The van der Waals surface area contributed by atoms with Gasteiger partial charge in [-0.3, -0.25) is 4.90 Å². The van der Waals surface area contributed by atoms with Crippen molar-refractivity contribution in [2.24, 2.45) is 0 Å². The van der Waals surface area contributed by atoms with Crippen molar-refractivity contribution >= 4 is 17.5 Å². The molecule has 0 unspecified atom stereocenters. The molecule has 2 aromatic rings. The number of benzene rings is 1. The fourth-order valence-corrected chi connectivity index (χ4v) is 4.07. The maximum absolute atomic E-state index is 14.4. The predicted molar refractivity (Wildman–Crippen MR) is 111 cm³/mol. The molecule has 0 amide bonds. The molecule has 3 rings (SSSR count). The molecule has 0 bridgehead atoms. The molecule has 164 valence electrons. The van der Waals surface area contributed by atoms with Gasteiger partial charge in [0.2, 0.25) is 5.95 Å². The van der Waals surface area contributed by atoms with Gasteiger partial charge >= 0.3 is 6.61 Å². The van der Waals surface area contributed by atoms with E-state index in [0.29, 0.717) is 5.69 Å². The minimum atomic E-state index is -2.92. The zero-order valence-electron chi connectivity index (χ0n) is 17.8. The van der Waals surface area contributed by atoms with E-state index >= 15 is 0 Å². The quantitative estimate of drug-likeness (QED) is 0.680. The van der Waals surface area contributed by atoms with Crippen LogP contribution in [0.1, 0.15) is 40.5 Å². The summed E-state index contributed by atoms with van der Waals surface area (Å²) in [5.74, 6) is -0.288.